The molecule has 2 aliphatic rings. The van der Waals surface area contributed by atoms with Crippen molar-refractivity contribution in [3.8, 4) is 11.8 Å². The quantitative estimate of drug-likeness (QED) is 0.384. The molecule has 4 atom stereocenters. The van der Waals surface area contributed by atoms with Gasteiger partial charge in [-0.25, -0.2) is 19.7 Å². The molecule has 35 heavy (non-hydrogen) atoms. The Balaban J connectivity index is 1.57. The predicted octanol–water partition coefficient (Wildman–Crippen LogP) is -0.618. The first-order valence-electron chi connectivity index (χ1n) is 11.3. The zero-order chi connectivity index (χ0) is 25.3. The number of carbonyl (C=O) groups excluding carboxylic acids is 2. The first-order valence-corrected chi connectivity index (χ1v) is 11.3. The third-order valence-corrected chi connectivity index (χ3v) is 5.63. The number of hydrogen-bond donors (Lipinski definition) is 4. The van der Waals surface area contributed by atoms with E-state index in [0.717, 1.165) is 12.8 Å². The van der Waals surface area contributed by atoms with Crippen molar-refractivity contribution < 1.29 is 29.3 Å². The van der Waals surface area contributed by atoms with Crippen LogP contribution in [0.15, 0.2) is 6.33 Å². The number of ether oxygens (including phenoxy) is 2. The topological polar surface area (TPSA) is 178 Å². The van der Waals surface area contributed by atoms with Gasteiger partial charge in [0, 0.05) is 12.6 Å². The molecule has 4 rings (SSSR count). The lowest BCUT2D eigenvalue weighted by atomic mass is 10.1. The molecule has 1 aliphatic heterocycles. The molecule has 5 N–H and O–H groups in total. The Labute approximate surface area is 201 Å². The summed E-state index contributed by atoms with van der Waals surface area (Å²) in [6.45, 7) is 4.50. The number of nitrogen functional groups attached to an aromatic ring is 1. The van der Waals surface area contributed by atoms with E-state index in [-0.39, 0.29) is 41.3 Å². The summed E-state index contributed by atoms with van der Waals surface area (Å²) in [6.07, 6.45) is -2.59. The number of fused-ring (bicyclic) bond motifs is 1. The molecule has 2 aromatic rings. The molecule has 0 spiro atoms. The van der Waals surface area contributed by atoms with E-state index in [9.17, 15) is 19.8 Å². The van der Waals surface area contributed by atoms with E-state index in [1.54, 1.807) is 0 Å². The van der Waals surface area contributed by atoms with Crippen molar-refractivity contribution in [2.45, 2.75) is 57.3 Å². The highest BCUT2D eigenvalue weighted by Crippen LogP contribution is 2.33. The summed E-state index contributed by atoms with van der Waals surface area (Å²) >= 11 is 0. The van der Waals surface area contributed by atoms with Gasteiger partial charge in [-0.3, -0.25) is 14.3 Å². The van der Waals surface area contributed by atoms with Crippen LogP contribution >= 0.6 is 0 Å². The van der Waals surface area contributed by atoms with Crippen molar-refractivity contribution in [3.05, 3.63) is 12.2 Å². The SMILES string of the molecule is COC(=O)N(CC#Cc1nc(N)c2ncn([C@@H]3O[C@H](C(=O)NC4CC4)C(O)[C@@H]3O)c2n1)CC(C)C. The van der Waals surface area contributed by atoms with Crippen LogP contribution in [-0.2, 0) is 14.3 Å². The second-order valence-corrected chi connectivity index (χ2v) is 9.01. The smallest absolute Gasteiger partial charge is 0.410 e. The molecule has 2 aromatic heterocycles. The molecule has 1 saturated heterocycles. The summed E-state index contributed by atoms with van der Waals surface area (Å²) in [5, 5.41) is 23.8. The van der Waals surface area contributed by atoms with Gasteiger partial charge in [0.1, 0.15) is 17.7 Å². The minimum atomic E-state index is -1.43. The number of aliphatic hydroxyl groups is 2. The van der Waals surface area contributed by atoms with Gasteiger partial charge in [0.25, 0.3) is 5.91 Å². The first-order chi connectivity index (χ1) is 16.7. The first kappa shape index (κ1) is 24.6. The van der Waals surface area contributed by atoms with Crippen LogP contribution in [0.25, 0.3) is 11.2 Å². The van der Waals surface area contributed by atoms with Crippen molar-refractivity contribution in [2.75, 3.05) is 25.9 Å². The van der Waals surface area contributed by atoms with Crippen molar-refractivity contribution >= 4 is 29.0 Å². The van der Waals surface area contributed by atoms with Crippen LogP contribution in [0.1, 0.15) is 38.7 Å². The van der Waals surface area contributed by atoms with E-state index in [1.165, 1.54) is 22.9 Å². The highest BCUT2D eigenvalue weighted by molar-refractivity contribution is 5.83. The molecule has 0 bridgehead atoms. The summed E-state index contributed by atoms with van der Waals surface area (Å²) in [6, 6.07) is 0.0767. The van der Waals surface area contributed by atoms with E-state index in [1.807, 2.05) is 13.8 Å². The maximum atomic E-state index is 12.4. The number of aliphatic hydroxyl groups excluding tert-OH is 2. The van der Waals surface area contributed by atoms with Crippen LogP contribution < -0.4 is 11.1 Å². The van der Waals surface area contributed by atoms with E-state index in [2.05, 4.69) is 32.1 Å². The van der Waals surface area contributed by atoms with Crippen molar-refractivity contribution in [3.63, 3.8) is 0 Å². The van der Waals surface area contributed by atoms with E-state index in [4.69, 9.17) is 15.2 Å². The average Bonchev–Trinajstić information content (AvgIpc) is 3.45. The molecule has 13 nitrogen and oxygen atoms in total. The number of nitrogens with zero attached hydrogens (tertiary/aromatic N) is 5. The van der Waals surface area contributed by atoms with Gasteiger partial charge in [0.2, 0.25) is 5.82 Å². The Kier molecular flexibility index (Phi) is 7.06. The lowest BCUT2D eigenvalue weighted by molar-refractivity contribution is -0.137. The molecular weight excluding hydrogens is 458 g/mol. The third-order valence-electron chi connectivity index (χ3n) is 5.63. The van der Waals surface area contributed by atoms with Crippen LogP contribution in [0.4, 0.5) is 10.6 Å². The van der Waals surface area contributed by atoms with Crippen LogP contribution in [0.3, 0.4) is 0 Å². The number of nitrogens with two attached hydrogens (primary N) is 1. The van der Waals surface area contributed by atoms with Gasteiger partial charge in [-0.05, 0) is 24.7 Å². The van der Waals surface area contributed by atoms with Gasteiger partial charge in [-0.2, -0.15) is 0 Å². The summed E-state index contributed by atoms with van der Waals surface area (Å²) in [7, 11) is 1.30. The second kappa shape index (κ2) is 10.0. The van der Waals surface area contributed by atoms with Crippen LogP contribution in [0.5, 0.6) is 0 Å². The largest absolute Gasteiger partial charge is 0.453 e. The monoisotopic (exact) mass is 487 g/mol. The lowest BCUT2D eigenvalue weighted by Crippen LogP contribution is -2.43. The molecule has 188 valence electrons. The average molecular weight is 488 g/mol. The van der Waals surface area contributed by atoms with Crippen molar-refractivity contribution in [1.82, 2.24) is 29.7 Å². The number of nitrogens with one attached hydrogen (secondary N) is 1. The van der Waals surface area contributed by atoms with Crippen LogP contribution in [-0.4, -0.2) is 91.2 Å². The molecule has 1 unspecified atom stereocenters. The number of methoxy groups -OCH3 is 1. The zero-order valence-electron chi connectivity index (χ0n) is 19.7. The van der Waals surface area contributed by atoms with Gasteiger partial charge in [-0.1, -0.05) is 19.8 Å². The van der Waals surface area contributed by atoms with E-state index in [0.29, 0.717) is 6.54 Å². The van der Waals surface area contributed by atoms with Gasteiger partial charge < -0.3 is 30.7 Å². The van der Waals surface area contributed by atoms with Gasteiger partial charge >= 0.3 is 6.09 Å². The number of aromatic nitrogens is 4. The minimum absolute atomic E-state index is 0.0566. The van der Waals surface area contributed by atoms with Crippen LogP contribution in [0.2, 0.25) is 0 Å². The van der Waals surface area contributed by atoms with Crippen molar-refractivity contribution in [1.29, 1.82) is 0 Å². The molecule has 0 aromatic carbocycles. The number of hydrogen-bond acceptors (Lipinski definition) is 10. The summed E-state index contributed by atoms with van der Waals surface area (Å²) < 4.78 is 11.9. The Morgan fingerprint density at radius 2 is 2.09 bits per heavy atom. The highest BCUT2D eigenvalue weighted by atomic mass is 16.6. The molecule has 2 amide bonds. The molecule has 13 heteroatoms. The number of anilines is 1. The Morgan fingerprint density at radius 1 is 1.34 bits per heavy atom. The fourth-order valence-electron chi connectivity index (χ4n) is 3.78. The molecule has 0 radical (unpaired) electrons. The Hall–Kier alpha value is -3.47. The standard InChI is InChI=1S/C22H29N7O6/c1-11(2)9-28(22(33)34-3)8-4-5-13-26-18(23)14-19(27-13)29(10-24-14)21-16(31)15(30)17(35-21)20(32)25-12-6-7-12/h10-12,15-17,21,30-31H,6-9H2,1-3H3,(H,25,32)(H2,23,26,27)/t15?,16-,17-,21+/m0/s1. The number of imidazole rings is 1. The number of rotatable bonds is 6. The summed E-state index contributed by atoms with van der Waals surface area (Å²) in [4.78, 5) is 38.5. The minimum Gasteiger partial charge on any atom is -0.453 e. The van der Waals surface area contributed by atoms with Gasteiger partial charge in [0.05, 0.1) is 20.0 Å². The van der Waals surface area contributed by atoms with E-state index >= 15 is 0 Å². The molecular formula is C22H29N7O6. The maximum absolute atomic E-state index is 12.4. The molecule has 1 aliphatic carbocycles. The predicted molar refractivity (Wildman–Crippen MR) is 123 cm³/mol. The Bertz CT molecular complexity index is 1170. The normalized spacial score (nSPS) is 23.7. The molecule has 1 saturated carbocycles. The Morgan fingerprint density at radius 3 is 2.74 bits per heavy atom. The summed E-state index contributed by atoms with van der Waals surface area (Å²) in [5.74, 6) is 5.50. The van der Waals surface area contributed by atoms with Gasteiger partial charge in [-0.15, -0.1) is 0 Å². The molecule has 3 heterocycles. The maximum Gasteiger partial charge on any atom is 0.410 e. The fourth-order valence-corrected chi connectivity index (χ4v) is 3.78. The highest BCUT2D eigenvalue weighted by Gasteiger charge is 2.48. The second-order valence-electron chi connectivity index (χ2n) is 9.01. The van der Waals surface area contributed by atoms with Crippen molar-refractivity contribution in [2.24, 2.45) is 5.92 Å². The van der Waals surface area contributed by atoms with E-state index < -0.39 is 36.5 Å². The lowest BCUT2D eigenvalue weighted by Gasteiger charge is -2.20. The number of carbonyl (C=O) groups is 2. The van der Waals surface area contributed by atoms with Gasteiger partial charge in [0.15, 0.2) is 23.8 Å². The third kappa shape index (κ3) is 5.29. The fraction of sp³-hybridized carbons (Fsp3) is 0.591. The summed E-state index contributed by atoms with van der Waals surface area (Å²) in [5.41, 5.74) is 6.51. The van der Waals surface area contributed by atoms with Crippen LogP contribution in [0, 0.1) is 17.8 Å². The zero-order valence-corrected chi connectivity index (χ0v) is 19.7. The molecule has 2 fully saturated rings. The number of amides is 2.